The van der Waals surface area contributed by atoms with Crippen molar-refractivity contribution >= 4 is 22.9 Å². The minimum Gasteiger partial charge on any atom is -0.453 e. The van der Waals surface area contributed by atoms with Gasteiger partial charge in [0.15, 0.2) is 0 Å². The molecule has 178 valence electrons. The highest BCUT2D eigenvalue weighted by Gasteiger charge is 2.32. The van der Waals surface area contributed by atoms with Crippen molar-refractivity contribution in [3.05, 3.63) is 65.6 Å². The summed E-state index contributed by atoms with van der Waals surface area (Å²) in [5, 5.41) is 5.57. The maximum Gasteiger partial charge on any atom is 0.409 e. The number of piperidine rings is 2. The number of hydrogen-bond donors (Lipinski definition) is 0. The van der Waals surface area contributed by atoms with Gasteiger partial charge >= 0.3 is 6.09 Å². The number of likely N-dealkylation sites (tertiary alicyclic amines) is 2. The third kappa shape index (κ3) is 4.30. The van der Waals surface area contributed by atoms with Gasteiger partial charge < -0.3 is 14.5 Å². The van der Waals surface area contributed by atoms with Crippen LogP contribution in [0.15, 0.2) is 48.5 Å². The lowest BCUT2D eigenvalue weighted by Gasteiger charge is -2.41. The molecule has 7 nitrogen and oxygen atoms in total. The Labute approximate surface area is 198 Å². The average Bonchev–Trinajstić information content (AvgIpc) is 3.27. The SMILES string of the molecule is COC(=O)N1CCC(N2CCC(c3nn(C(=O)c4ccccc4)c4cc(F)ccc34)CC2)CC1. The Balaban J connectivity index is 1.32. The van der Waals surface area contributed by atoms with Gasteiger partial charge in [0.1, 0.15) is 5.82 Å². The highest BCUT2D eigenvalue weighted by molar-refractivity contribution is 6.01. The van der Waals surface area contributed by atoms with E-state index >= 15 is 0 Å². The highest BCUT2D eigenvalue weighted by Crippen LogP contribution is 2.34. The molecule has 1 amide bonds. The Kier molecular flexibility index (Phi) is 6.32. The van der Waals surface area contributed by atoms with Crippen LogP contribution in [0.1, 0.15) is 47.7 Å². The van der Waals surface area contributed by atoms with Gasteiger partial charge in [-0.1, -0.05) is 18.2 Å². The first-order chi connectivity index (χ1) is 16.5. The van der Waals surface area contributed by atoms with Crippen LogP contribution in [0, 0.1) is 5.82 Å². The summed E-state index contributed by atoms with van der Waals surface area (Å²) >= 11 is 0. The third-order valence-corrected chi connectivity index (χ3v) is 7.21. The van der Waals surface area contributed by atoms with E-state index < -0.39 is 0 Å². The minimum absolute atomic E-state index is 0.212. The lowest BCUT2D eigenvalue weighted by atomic mass is 9.90. The molecule has 5 rings (SSSR count). The first-order valence-electron chi connectivity index (χ1n) is 11.9. The molecule has 0 unspecified atom stereocenters. The average molecular weight is 465 g/mol. The van der Waals surface area contributed by atoms with E-state index in [1.165, 1.54) is 23.9 Å². The molecule has 8 heteroatoms. The van der Waals surface area contributed by atoms with Crippen LogP contribution in [-0.2, 0) is 4.74 Å². The fraction of sp³-hybridized carbons (Fsp3) is 0.423. The highest BCUT2D eigenvalue weighted by atomic mass is 19.1. The van der Waals surface area contributed by atoms with Gasteiger partial charge in [-0.05, 0) is 63.0 Å². The van der Waals surface area contributed by atoms with Gasteiger partial charge in [-0.2, -0.15) is 9.78 Å². The number of carbonyl (C=O) groups excluding carboxylic acids is 2. The number of nitrogens with zero attached hydrogens (tertiary/aromatic N) is 4. The molecule has 0 bridgehead atoms. The number of carbonyl (C=O) groups is 2. The summed E-state index contributed by atoms with van der Waals surface area (Å²) in [6, 6.07) is 14.0. The van der Waals surface area contributed by atoms with E-state index in [4.69, 9.17) is 9.84 Å². The molecule has 0 spiro atoms. The van der Waals surface area contributed by atoms with E-state index in [-0.39, 0.29) is 23.7 Å². The Morgan fingerprint density at radius 1 is 0.971 bits per heavy atom. The standard InChI is InChI=1S/C26H29FN4O3/c1-34-26(33)30-15-11-21(12-16-30)29-13-9-18(10-14-29)24-22-8-7-20(27)17-23(22)31(28-24)25(32)19-5-3-2-4-6-19/h2-8,17-18,21H,9-16H2,1H3. The predicted octanol–water partition coefficient (Wildman–Crippen LogP) is 4.27. The Morgan fingerprint density at radius 3 is 2.35 bits per heavy atom. The van der Waals surface area contributed by atoms with E-state index in [0.29, 0.717) is 17.1 Å². The predicted molar refractivity (Wildman–Crippen MR) is 126 cm³/mol. The molecule has 2 saturated heterocycles. The van der Waals surface area contributed by atoms with Crippen LogP contribution in [0.3, 0.4) is 0 Å². The summed E-state index contributed by atoms with van der Waals surface area (Å²) < 4.78 is 20.3. The fourth-order valence-corrected chi connectivity index (χ4v) is 5.35. The molecule has 2 aromatic carbocycles. The number of amides is 1. The number of aromatic nitrogens is 2. The molecule has 0 aliphatic carbocycles. The molecule has 0 radical (unpaired) electrons. The van der Waals surface area contributed by atoms with Crippen LogP contribution < -0.4 is 0 Å². The summed E-state index contributed by atoms with van der Waals surface area (Å²) in [7, 11) is 1.42. The maximum absolute atomic E-state index is 14.1. The van der Waals surface area contributed by atoms with E-state index in [9.17, 15) is 14.0 Å². The number of benzene rings is 2. The van der Waals surface area contributed by atoms with E-state index in [1.807, 2.05) is 18.2 Å². The quantitative estimate of drug-likeness (QED) is 0.579. The molecule has 0 N–H and O–H groups in total. The lowest BCUT2D eigenvalue weighted by Crippen LogP contribution is -2.48. The van der Waals surface area contributed by atoms with Gasteiger partial charge in [0, 0.05) is 42.1 Å². The normalized spacial score (nSPS) is 18.4. The molecule has 0 saturated carbocycles. The van der Waals surface area contributed by atoms with Crippen molar-refractivity contribution in [1.29, 1.82) is 0 Å². The van der Waals surface area contributed by atoms with Crippen molar-refractivity contribution in [2.75, 3.05) is 33.3 Å². The Hall–Kier alpha value is -3.26. The number of rotatable bonds is 3. The summed E-state index contributed by atoms with van der Waals surface area (Å²) in [4.78, 5) is 29.2. The van der Waals surface area contributed by atoms with Crippen molar-refractivity contribution in [3.8, 4) is 0 Å². The van der Waals surface area contributed by atoms with Crippen molar-refractivity contribution < 1.29 is 18.7 Å². The van der Waals surface area contributed by atoms with Gasteiger partial charge in [-0.25, -0.2) is 9.18 Å². The molecule has 2 aliphatic heterocycles. The van der Waals surface area contributed by atoms with Crippen LogP contribution in [0.2, 0.25) is 0 Å². The topological polar surface area (TPSA) is 67.7 Å². The molecule has 34 heavy (non-hydrogen) atoms. The lowest BCUT2D eigenvalue weighted by molar-refractivity contribution is 0.0732. The summed E-state index contributed by atoms with van der Waals surface area (Å²) in [6.07, 6.45) is 3.51. The molecular weight excluding hydrogens is 435 g/mol. The van der Waals surface area contributed by atoms with Gasteiger partial charge in [-0.3, -0.25) is 4.79 Å². The number of fused-ring (bicyclic) bond motifs is 1. The van der Waals surface area contributed by atoms with E-state index in [2.05, 4.69) is 4.90 Å². The fourth-order valence-electron chi connectivity index (χ4n) is 5.35. The Morgan fingerprint density at radius 2 is 1.68 bits per heavy atom. The number of halogens is 1. The molecule has 1 aromatic heterocycles. The van der Waals surface area contributed by atoms with Gasteiger partial charge in [-0.15, -0.1) is 0 Å². The van der Waals surface area contributed by atoms with Crippen LogP contribution in [-0.4, -0.2) is 70.9 Å². The molecule has 3 aromatic rings. The zero-order chi connectivity index (χ0) is 23.7. The number of methoxy groups -OCH3 is 1. The summed E-state index contributed by atoms with van der Waals surface area (Å²) in [6.45, 7) is 3.32. The minimum atomic E-state index is -0.380. The maximum atomic E-state index is 14.1. The third-order valence-electron chi connectivity index (χ3n) is 7.21. The van der Waals surface area contributed by atoms with Crippen molar-refractivity contribution in [3.63, 3.8) is 0 Å². The Bertz CT molecular complexity index is 1180. The second-order valence-corrected chi connectivity index (χ2v) is 9.13. The summed E-state index contributed by atoms with van der Waals surface area (Å²) in [5.41, 5.74) is 1.91. The zero-order valence-electron chi connectivity index (χ0n) is 19.3. The first kappa shape index (κ1) is 22.5. The monoisotopic (exact) mass is 464 g/mol. The van der Waals surface area contributed by atoms with Crippen LogP contribution in [0.25, 0.3) is 10.9 Å². The number of ether oxygens (including phenoxy) is 1. The second-order valence-electron chi connectivity index (χ2n) is 9.13. The van der Waals surface area contributed by atoms with Crippen LogP contribution >= 0.6 is 0 Å². The van der Waals surface area contributed by atoms with Gasteiger partial charge in [0.2, 0.25) is 0 Å². The van der Waals surface area contributed by atoms with Gasteiger partial charge in [0.05, 0.1) is 18.3 Å². The molecule has 0 atom stereocenters. The molecule has 3 heterocycles. The second kappa shape index (κ2) is 9.54. The molecule has 2 aliphatic rings. The molecule has 2 fully saturated rings. The van der Waals surface area contributed by atoms with Gasteiger partial charge in [0.25, 0.3) is 5.91 Å². The van der Waals surface area contributed by atoms with E-state index in [1.54, 1.807) is 23.1 Å². The zero-order valence-corrected chi connectivity index (χ0v) is 19.3. The number of hydrogen-bond acceptors (Lipinski definition) is 5. The van der Waals surface area contributed by atoms with Crippen LogP contribution in [0.4, 0.5) is 9.18 Å². The van der Waals surface area contributed by atoms with Crippen molar-refractivity contribution in [2.24, 2.45) is 0 Å². The summed E-state index contributed by atoms with van der Waals surface area (Å²) in [5.74, 6) is -0.421. The molecular formula is C26H29FN4O3. The smallest absolute Gasteiger partial charge is 0.409 e. The first-order valence-corrected chi connectivity index (χ1v) is 11.9. The van der Waals surface area contributed by atoms with Crippen molar-refractivity contribution in [1.82, 2.24) is 19.6 Å². The largest absolute Gasteiger partial charge is 0.453 e. The van der Waals surface area contributed by atoms with E-state index in [0.717, 1.165) is 62.9 Å². The van der Waals surface area contributed by atoms with Crippen molar-refractivity contribution in [2.45, 2.75) is 37.6 Å². The van der Waals surface area contributed by atoms with Crippen LogP contribution in [0.5, 0.6) is 0 Å².